The van der Waals surface area contributed by atoms with Crippen LogP contribution in [0.2, 0.25) is 0 Å². The zero-order chi connectivity index (χ0) is 14.7. The average molecular weight is 287 g/mol. The van der Waals surface area contributed by atoms with Gasteiger partial charge in [0.1, 0.15) is 0 Å². The third-order valence-electron chi connectivity index (χ3n) is 6.37. The summed E-state index contributed by atoms with van der Waals surface area (Å²) in [6.07, 6.45) is 10.5. The van der Waals surface area contributed by atoms with Crippen molar-refractivity contribution in [1.82, 2.24) is 15.1 Å². The molecule has 1 aromatic heterocycles. The molecule has 0 aliphatic heterocycles. The van der Waals surface area contributed by atoms with E-state index in [0.29, 0.717) is 16.4 Å². The highest BCUT2D eigenvalue weighted by Crippen LogP contribution is 2.66. The lowest BCUT2D eigenvalue weighted by Gasteiger charge is -2.65. The van der Waals surface area contributed by atoms with E-state index in [1.165, 1.54) is 44.2 Å². The Balaban J connectivity index is 1.55. The van der Waals surface area contributed by atoms with E-state index in [-0.39, 0.29) is 0 Å². The summed E-state index contributed by atoms with van der Waals surface area (Å²) in [5.74, 6) is 0.958. The van der Waals surface area contributed by atoms with Gasteiger partial charge in [0.25, 0.3) is 0 Å². The van der Waals surface area contributed by atoms with Crippen molar-refractivity contribution in [3.8, 4) is 0 Å². The molecule has 4 saturated carbocycles. The highest BCUT2D eigenvalue weighted by Gasteiger charge is 2.59. The van der Waals surface area contributed by atoms with E-state index in [1.807, 2.05) is 6.20 Å². The molecular weight excluding hydrogens is 258 g/mol. The van der Waals surface area contributed by atoms with E-state index < -0.39 is 0 Å². The molecule has 4 fully saturated rings. The first-order valence-electron chi connectivity index (χ1n) is 8.69. The van der Waals surface area contributed by atoms with Crippen molar-refractivity contribution in [1.29, 1.82) is 0 Å². The van der Waals surface area contributed by atoms with Crippen molar-refractivity contribution in [2.75, 3.05) is 0 Å². The Hall–Kier alpha value is -0.830. The maximum atomic E-state index is 4.40. The molecule has 0 radical (unpaired) electrons. The van der Waals surface area contributed by atoms with Crippen LogP contribution in [0.3, 0.4) is 0 Å². The number of rotatable bonds is 4. The lowest BCUT2D eigenvalue weighted by molar-refractivity contribution is -0.118. The lowest BCUT2D eigenvalue weighted by Crippen LogP contribution is -2.64. The van der Waals surface area contributed by atoms with E-state index in [9.17, 15) is 0 Å². The fraction of sp³-hybridized carbons (Fsp3) is 0.833. The number of nitrogens with zero attached hydrogens (tertiary/aromatic N) is 2. The van der Waals surface area contributed by atoms with Gasteiger partial charge < -0.3 is 5.32 Å². The first-order chi connectivity index (χ1) is 9.93. The number of hydrogen-bond acceptors (Lipinski definition) is 2. The van der Waals surface area contributed by atoms with Crippen molar-refractivity contribution in [3.05, 3.63) is 18.0 Å². The van der Waals surface area contributed by atoms with Crippen LogP contribution in [0.15, 0.2) is 12.3 Å². The summed E-state index contributed by atoms with van der Waals surface area (Å²) >= 11 is 0. The molecule has 1 aromatic rings. The van der Waals surface area contributed by atoms with Crippen LogP contribution >= 0.6 is 0 Å². The topological polar surface area (TPSA) is 29.9 Å². The molecule has 4 aliphatic carbocycles. The Morgan fingerprint density at radius 2 is 1.90 bits per heavy atom. The summed E-state index contributed by atoms with van der Waals surface area (Å²) in [4.78, 5) is 0. The summed E-state index contributed by atoms with van der Waals surface area (Å²) in [6, 6.07) is 2.17. The maximum absolute atomic E-state index is 4.40. The minimum atomic E-state index is 0.395. The Morgan fingerprint density at radius 1 is 1.19 bits per heavy atom. The molecule has 4 bridgehead atoms. The lowest BCUT2D eigenvalue weighted by atomic mass is 9.43. The van der Waals surface area contributed by atoms with Crippen molar-refractivity contribution in [2.24, 2.45) is 16.7 Å². The summed E-state index contributed by atoms with van der Waals surface area (Å²) in [5.41, 5.74) is 2.91. The molecule has 4 aliphatic rings. The Bertz CT molecular complexity index is 528. The SMILES string of the molecule is CCn1nccc1CNC12CC3CC(C)(CC(C)(C3)C1)C2. The highest BCUT2D eigenvalue weighted by molar-refractivity contribution is 5.15. The maximum Gasteiger partial charge on any atom is 0.0522 e. The smallest absolute Gasteiger partial charge is 0.0522 e. The van der Waals surface area contributed by atoms with Gasteiger partial charge in [0.05, 0.1) is 5.69 Å². The Kier molecular flexibility index (Phi) is 2.86. The van der Waals surface area contributed by atoms with Crippen molar-refractivity contribution < 1.29 is 0 Å². The first kappa shape index (κ1) is 13.8. The summed E-state index contributed by atoms with van der Waals surface area (Å²) in [6.45, 7) is 9.20. The number of hydrogen-bond donors (Lipinski definition) is 1. The fourth-order valence-corrected chi connectivity index (χ4v) is 6.72. The van der Waals surface area contributed by atoms with Gasteiger partial charge in [-0.05, 0) is 68.3 Å². The molecule has 2 atom stereocenters. The fourth-order valence-electron chi connectivity index (χ4n) is 6.72. The van der Waals surface area contributed by atoms with E-state index in [2.05, 4.69) is 41.9 Å². The molecule has 0 saturated heterocycles. The highest BCUT2D eigenvalue weighted by atomic mass is 15.3. The molecule has 1 N–H and O–H groups in total. The average Bonchev–Trinajstić information content (AvgIpc) is 2.79. The predicted octanol–water partition coefficient (Wildman–Crippen LogP) is 3.74. The van der Waals surface area contributed by atoms with E-state index in [0.717, 1.165) is 19.0 Å². The normalized spacial score (nSPS) is 44.4. The molecular formula is C18H29N3. The summed E-state index contributed by atoms with van der Waals surface area (Å²) in [5, 5.41) is 8.40. The Morgan fingerprint density at radius 3 is 2.52 bits per heavy atom. The monoisotopic (exact) mass is 287 g/mol. The van der Waals surface area contributed by atoms with Gasteiger partial charge in [-0.15, -0.1) is 0 Å². The molecule has 1 heterocycles. The predicted molar refractivity (Wildman–Crippen MR) is 84.9 cm³/mol. The molecule has 116 valence electrons. The zero-order valence-electron chi connectivity index (χ0n) is 13.8. The second kappa shape index (κ2) is 4.34. The largest absolute Gasteiger partial charge is 0.306 e. The van der Waals surface area contributed by atoms with E-state index in [1.54, 1.807) is 0 Å². The van der Waals surface area contributed by atoms with Crippen LogP contribution in [0, 0.1) is 16.7 Å². The quantitative estimate of drug-likeness (QED) is 0.914. The molecule has 3 nitrogen and oxygen atoms in total. The molecule has 0 amide bonds. The van der Waals surface area contributed by atoms with Crippen LogP contribution in [0.4, 0.5) is 0 Å². The van der Waals surface area contributed by atoms with Crippen LogP contribution < -0.4 is 5.32 Å². The summed E-state index contributed by atoms with van der Waals surface area (Å²) in [7, 11) is 0. The number of nitrogens with one attached hydrogen (secondary N) is 1. The van der Waals surface area contributed by atoms with Gasteiger partial charge in [0, 0.05) is 24.8 Å². The standard InChI is InChI=1S/C18H29N3/c1-4-21-15(5-6-20-21)10-19-18-9-14-7-16(2,12-18)11-17(3,8-14)13-18/h5-6,14,19H,4,7-13H2,1-3H3. The molecule has 0 aromatic carbocycles. The number of aromatic nitrogens is 2. The van der Waals surface area contributed by atoms with Gasteiger partial charge in [0.15, 0.2) is 0 Å². The van der Waals surface area contributed by atoms with Gasteiger partial charge in [-0.2, -0.15) is 5.10 Å². The molecule has 2 unspecified atom stereocenters. The zero-order valence-corrected chi connectivity index (χ0v) is 13.8. The van der Waals surface area contributed by atoms with Crippen LogP contribution in [0.25, 0.3) is 0 Å². The van der Waals surface area contributed by atoms with Gasteiger partial charge in [-0.3, -0.25) is 4.68 Å². The van der Waals surface area contributed by atoms with Gasteiger partial charge in [0.2, 0.25) is 0 Å². The molecule has 0 spiro atoms. The minimum absolute atomic E-state index is 0.395. The van der Waals surface area contributed by atoms with Crippen molar-refractivity contribution in [3.63, 3.8) is 0 Å². The van der Waals surface area contributed by atoms with Crippen LogP contribution in [-0.4, -0.2) is 15.3 Å². The minimum Gasteiger partial charge on any atom is -0.306 e. The third-order valence-corrected chi connectivity index (χ3v) is 6.37. The van der Waals surface area contributed by atoms with Crippen molar-refractivity contribution in [2.45, 2.75) is 77.9 Å². The second-order valence-corrected chi connectivity index (χ2v) is 8.90. The summed E-state index contributed by atoms with van der Waals surface area (Å²) < 4.78 is 2.12. The van der Waals surface area contributed by atoms with Gasteiger partial charge >= 0.3 is 0 Å². The van der Waals surface area contributed by atoms with E-state index in [4.69, 9.17) is 0 Å². The molecule has 21 heavy (non-hydrogen) atoms. The second-order valence-electron chi connectivity index (χ2n) is 8.90. The first-order valence-corrected chi connectivity index (χ1v) is 8.69. The van der Waals surface area contributed by atoms with E-state index >= 15 is 0 Å². The number of aryl methyl sites for hydroxylation is 1. The third kappa shape index (κ3) is 2.25. The molecule has 5 rings (SSSR count). The van der Waals surface area contributed by atoms with Gasteiger partial charge in [-0.25, -0.2) is 0 Å². The molecule has 3 heteroatoms. The Labute approximate surface area is 128 Å². The van der Waals surface area contributed by atoms with Crippen LogP contribution in [0.5, 0.6) is 0 Å². The van der Waals surface area contributed by atoms with Gasteiger partial charge in [-0.1, -0.05) is 13.8 Å². The van der Waals surface area contributed by atoms with Crippen LogP contribution in [0.1, 0.15) is 65.0 Å². The van der Waals surface area contributed by atoms with Crippen LogP contribution in [-0.2, 0) is 13.1 Å². The van der Waals surface area contributed by atoms with Crippen molar-refractivity contribution >= 4 is 0 Å².